The van der Waals surface area contributed by atoms with Crippen LogP contribution >= 0.6 is 0 Å². The molecule has 2 saturated carbocycles. The number of allylic oxidation sites excluding steroid dienone is 2. The number of ether oxygens (including phenoxy) is 1. The van der Waals surface area contributed by atoms with Crippen LogP contribution < -0.4 is 5.32 Å². The van der Waals surface area contributed by atoms with E-state index >= 15 is 0 Å². The molecule has 4 aliphatic rings. The zero-order valence-corrected chi connectivity index (χ0v) is 34.5. The molecule has 3 amide bonds. The van der Waals surface area contributed by atoms with Crippen molar-refractivity contribution in [3.05, 3.63) is 143 Å². The molecule has 2 saturated heterocycles. The van der Waals surface area contributed by atoms with Crippen LogP contribution in [0.15, 0.2) is 114 Å². The Morgan fingerprint density at radius 1 is 0.726 bits per heavy atom. The molecule has 4 fully saturated rings. The summed E-state index contributed by atoms with van der Waals surface area (Å²) in [7, 11) is 2.70. The number of nitrogens with one attached hydrogen (secondary N) is 3. The predicted molar refractivity (Wildman–Crippen MR) is 231 cm³/mol. The van der Waals surface area contributed by atoms with Crippen molar-refractivity contribution in [2.75, 3.05) is 14.2 Å². The van der Waals surface area contributed by atoms with Crippen molar-refractivity contribution in [3.63, 3.8) is 0 Å². The molecule has 2 aromatic heterocycles. The second kappa shape index (κ2) is 16.6. The van der Waals surface area contributed by atoms with Gasteiger partial charge in [0.05, 0.1) is 48.4 Å². The van der Waals surface area contributed by atoms with Crippen molar-refractivity contribution in [3.8, 4) is 0 Å². The quantitative estimate of drug-likeness (QED) is 0.0333. The molecule has 10 rings (SSSR count). The van der Waals surface area contributed by atoms with Crippen LogP contribution in [0, 0.1) is 11.8 Å². The van der Waals surface area contributed by atoms with Gasteiger partial charge in [-0.2, -0.15) is 4.89 Å². The maximum atomic E-state index is 14.2. The number of hydrogen-bond donors (Lipinski definition) is 3. The lowest BCUT2D eigenvalue weighted by molar-refractivity contribution is -0.188. The zero-order chi connectivity index (χ0) is 42.3. The van der Waals surface area contributed by atoms with Crippen molar-refractivity contribution in [2.24, 2.45) is 16.8 Å². The van der Waals surface area contributed by atoms with Crippen molar-refractivity contribution in [1.29, 1.82) is 0 Å². The summed E-state index contributed by atoms with van der Waals surface area (Å²) in [6.45, 7) is 0. The molecule has 4 heterocycles. The molecule has 3 N–H and O–H groups in total. The molecule has 4 aromatic carbocycles. The summed E-state index contributed by atoms with van der Waals surface area (Å²) < 4.78 is 4.88. The fraction of sp³-hybridized carbons (Fsp3) is 0.333. The Morgan fingerprint density at radius 3 is 1.79 bits per heavy atom. The van der Waals surface area contributed by atoms with Crippen LogP contribution in [0.1, 0.15) is 83.8 Å². The monoisotopic (exact) mass is 832 g/mol. The average Bonchev–Trinajstić information content (AvgIpc) is 3.96. The molecular formula is C48H48N8O6. The van der Waals surface area contributed by atoms with E-state index in [9.17, 15) is 14.4 Å². The highest BCUT2D eigenvalue weighted by Gasteiger charge is 2.57. The molecule has 0 radical (unpaired) electrons. The molecule has 62 heavy (non-hydrogen) atoms. The van der Waals surface area contributed by atoms with Crippen LogP contribution in [-0.4, -0.2) is 80.3 Å². The molecule has 6 aromatic rings. The van der Waals surface area contributed by atoms with Gasteiger partial charge in [0.15, 0.2) is 6.04 Å². The smallest absolute Gasteiger partial charge is 0.407 e. The van der Waals surface area contributed by atoms with E-state index in [0.717, 1.165) is 88.9 Å². The molecule has 8 atom stereocenters. The van der Waals surface area contributed by atoms with E-state index in [1.54, 1.807) is 0 Å². The number of fused-ring (bicyclic) bond motifs is 4. The van der Waals surface area contributed by atoms with Gasteiger partial charge >= 0.3 is 6.09 Å². The van der Waals surface area contributed by atoms with E-state index in [4.69, 9.17) is 24.5 Å². The molecular weight excluding hydrogens is 785 g/mol. The van der Waals surface area contributed by atoms with Crippen LogP contribution in [0.25, 0.3) is 22.1 Å². The first-order chi connectivity index (χ1) is 30.4. The fourth-order valence-electron chi connectivity index (χ4n) is 9.64. The number of carbonyl (C=O) groups excluding carboxylic acids is 3. The lowest BCUT2D eigenvalue weighted by Crippen LogP contribution is -2.44. The van der Waals surface area contributed by atoms with Gasteiger partial charge in [0.2, 0.25) is 6.40 Å². The summed E-state index contributed by atoms with van der Waals surface area (Å²) in [5, 5.41) is 2.76. The first kappa shape index (κ1) is 39.3. The van der Waals surface area contributed by atoms with Crippen LogP contribution in [0.5, 0.6) is 0 Å². The molecule has 14 nitrogen and oxygen atoms in total. The van der Waals surface area contributed by atoms with Crippen molar-refractivity contribution in [1.82, 2.24) is 35.1 Å². The molecule has 0 bridgehead atoms. The largest absolute Gasteiger partial charge is 0.453 e. The maximum Gasteiger partial charge on any atom is 0.407 e. The third-order valence-electron chi connectivity index (χ3n) is 12.9. The number of aromatic amines is 2. The number of alkyl carbamates (subject to hydrolysis) is 1. The minimum absolute atomic E-state index is 0.0763. The highest BCUT2D eigenvalue weighted by molar-refractivity contribution is 5.88. The summed E-state index contributed by atoms with van der Waals surface area (Å²) in [5.74, 6) is 2.20. The van der Waals surface area contributed by atoms with Gasteiger partial charge in [-0.3, -0.25) is 9.59 Å². The molecule has 0 unspecified atom stereocenters. The summed E-state index contributed by atoms with van der Waals surface area (Å²) in [5.41, 5.74) is 7.36. The second-order valence-corrected chi connectivity index (χ2v) is 16.8. The molecule has 316 valence electrons. The first-order valence-electron chi connectivity index (χ1n) is 21.3. The maximum absolute atomic E-state index is 14.2. The minimum Gasteiger partial charge on any atom is -0.453 e. The van der Waals surface area contributed by atoms with Crippen molar-refractivity contribution >= 4 is 46.4 Å². The third kappa shape index (κ3) is 7.70. The van der Waals surface area contributed by atoms with Gasteiger partial charge in [0.25, 0.3) is 11.8 Å². The topological polar surface area (TPSA) is 167 Å². The highest BCUT2D eigenvalue weighted by atomic mass is 17.2. The molecule has 2 aliphatic heterocycles. The van der Waals surface area contributed by atoms with E-state index in [-0.39, 0.29) is 36.0 Å². The van der Waals surface area contributed by atoms with E-state index in [0.29, 0.717) is 17.4 Å². The number of carbonyl (C=O) groups is 3. The number of H-pyrrole nitrogens is 2. The van der Waals surface area contributed by atoms with Crippen LogP contribution in [0.2, 0.25) is 0 Å². The van der Waals surface area contributed by atoms with Gasteiger partial charge in [0.1, 0.15) is 17.7 Å². The third-order valence-corrected chi connectivity index (χ3v) is 12.9. The number of imidazole rings is 2. The standard InChI is InChI=1S/C48H48N8O6/c1-60-48(59)54-43(31-15-7-4-8-16-31)47(58)56-39-24-33(39)26-41(56)45-51-35-20-18-29(22-37(35)53-45)12-10-9-11-28-17-19-34-36(21-28)52-44(50-34)40-25-32-23-38(32)55(40)46(57)42(49-27-62-61-2)30-13-5-3-6-14-30/h3-10,13-22,27,32-33,38-43H,11-12,23-26H2,1-2H3,(H,50,52)(H,51,53)(H,54,59)/b10-9+,49-27-/t32-,33-,38-,39-,40+,41+,42-,43-/m1/s1. The summed E-state index contributed by atoms with van der Waals surface area (Å²) in [4.78, 5) is 75.7. The normalized spacial score (nSPS) is 23.5. The summed E-state index contributed by atoms with van der Waals surface area (Å²) in [6.07, 6.45) is 10.0. The van der Waals surface area contributed by atoms with E-state index < -0.39 is 18.2 Å². The van der Waals surface area contributed by atoms with Gasteiger partial charge in [-0.25, -0.2) is 19.8 Å². The molecule has 14 heteroatoms. The second-order valence-electron chi connectivity index (χ2n) is 16.8. The Morgan fingerprint density at radius 2 is 1.26 bits per heavy atom. The van der Waals surface area contributed by atoms with Crippen LogP contribution in [0.3, 0.4) is 0 Å². The number of aliphatic imine (C=N–C) groups is 1. The molecule has 2 aliphatic carbocycles. The number of hydrogen-bond acceptors (Lipinski definition) is 9. The first-order valence-corrected chi connectivity index (χ1v) is 21.3. The minimum atomic E-state index is -0.861. The highest BCUT2D eigenvalue weighted by Crippen LogP contribution is 2.55. The lowest BCUT2D eigenvalue weighted by atomic mass is 10.0. The van der Waals surface area contributed by atoms with Gasteiger partial charge in [-0.05, 0) is 96.9 Å². The van der Waals surface area contributed by atoms with Crippen LogP contribution in [-0.2, 0) is 36.9 Å². The van der Waals surface area contributed by atoms with Crippen molar-refractivity contribution in [2.45, 2.75) is 74.8 Å². The number of likely N-dealkylation sites (tertiary alicyclic amines) is 2. The van der Waals surface area contributed by atoms with E-state index in [2.05, 4.69) is 68.8 Å². The Labute approximate surface area is 358 Å². The van der Waals surface area contributed by atoms with Crippen LogP contribution in [0.4, 0.5) is 4.79 Å². The fourth-order valence-corrected chi connectivity index (χ4v) is 9.64. The number of rotatable bonds is 14. The summed E-state index contributed by atoms with van der Waals surface area (Å²) in [6, 6.07) is 29.7. The molecule has 0 spiro atoms. The van der Waals surface area contributed by atoms with Gasteiger partial charge in [-0.15, -0.1) is 0 Å². The van der Waals surface area contributed by atoms with E-state index in [1.165, 1.54) is 20.6 Å². The van der Waals surface area contributed by atoms with E-state index in [1.807, 2.05) is 70.5 Å². The zero-order valence-electron chi connectivity index (χ0n) is 34.5. The summed E-state index contributed by atoms with van der Waals surface area (Å²) >= 11 is 0. The Balaban J connectivity index is 0.800. The Hall–Kier alpha value is -6.80. The number of piperidine rings is 2. The number of nitrogens with zero attached hydrogens (tertiary/aromatic N) is 5. The van der Waals surface area contributed by atoms with Gasteiger partial charge in [0, 0.05) is 12.1 Å². The number of benzene rings is 4. The predicted octanol–water partition coefficient (Wildman–Crippen LogP) is 7.55. The number of amides is 3. The van der Waals surface area contributed by atoms with Crippen molar-refractivity contribution < 1.29 is 28.9 Å². The van der Waals surface area contributed by atoms with Gasteiger partial charge < -0.3 is 34.7 Å². The average molecular weight is 833 g/mol. The number of aromatic nitrogens is 4. The SMILES string of the molecule is COO/C=N\[C@@H](C(=O)N1[C@@H]2C[C@@H]2C[C@H]1c1nc2cc(C/C=C/Cc3ccc4[nH]c([C@@H]5C[C@H]6C[C@H]6N5C(=O)[C@H](NC(=O)OC)c5ccccc5)nc4c3)ccc2[nH]1)c1ccccc1. The Kier molecular flexibility index (Phi) is 10.5. The lowest BCUT2D eigenvalue weighted by Gasteiger charge is -2.30. The Bertz CT molecular complexity index is 2680. The number of methoxy groups -OCH3 is 1. The van der Waals surface area contributed by atoms with Gasteiger partial charge in [-0.1, -0.05) is 84.9 Å².